The van der Waals surface area contributed by atoms with E-state index in [1.807, 2.05) is 0 Å². The lowest BCUT2D eigenvalue weighted by molar-refractivity contribution is -0.132. The number of nitrogens with zero attached hydrogens (tertiary/aromatic N) is 1. The fourth-order valence-electron chi connectivity index (χ4n) is 1.59. The van der Waals surface area contributed by atoms with Gasteiger partial charge in [-0.15, -0.1) is 0 Å². The van der Waals surface area contributed by atoms with Crippen LogP contribution in [0.2, 0.25) is 0 Å². The van der Waals surface area contributed by atoms with E-state index in [1.54, 1.807) is 18.7 Å². The van der Waals surface area contributed by atoms with Gasteiger partial charge in [0, 0.05) is 25.9 Å². The van der Waals surface area contributed by atoms with Gasteiger partial charge < -0.3 is 4.90 Å². The van der Waals surface area contributed by atoms with Crippen molar-refractivity contribution in [3.05, 3.63) is 0 Å². The van der Waals surface area contributed by atoms with Crippen molar-refractivity contribution in [3.63, 3.8) is 0 Å². The minimum atomic E-state index is 0.0842. The van der Waals surface area contributed by atoms with Crippen LogP contribution in [0, 0.1) is 5.92 Å². The van der Waals surface area contributed by atoms with Gasteiger partial charge in [0.1, 0.15) is 5.78 Å². The number of piperidine rings is 1. The second-order valence-electron chi connectivity index (χ2n) is 3.41. The average molecular weight is 169 g/mol. The molecular formula is C9H15NO2. The van der Waals surface area contributed by atoms with Crippen LogP contribution in [0.25, 0.3) is 0 Å². The molecule has 1 fully saturated rings. The fourth-order valence-corrected chi connectivity index (χ4v) is 1.59. The molecule has 68 valence electrons. The summed E-state index contributed by atoms with van der Waals surface area (Å²) >= 11 is 0. The number of amides is 1. The number of Topliss-reactive ketones (excluding diaryl/α,β-unsaturated/α-hetero) is 1. The molecule has 1 atom stereocenters. The van der Waals surface area contributed by atoms with Crippen LogP contribution in [0.15, 0.2) is 0 Å². The maximum Gasteiger partial charge on any atom is 0.219 e. The van der Waals surface area contributed by atoms with Gasteiger partial charge in [0.25, 0.3) is 0 Å². The van der Waals surface area contributed by atoms with Gasteiger partial charge in [-0.25, -0.2) is 0 Å². The fraction of sp³-hybridized carbons (Fsp3) is 0.778. The van der Waals surface area contributed by atoms with Gasteiger partial charge in [0.15, 0.2) is 0 Å². The second kappa shape index (κ2) is 3.70. The standard InChI is InChI=1S/C9H15NO2/c1-7(11)9-4-3-5-10(6-9)8(2)12/h9H,3-6H2,1-2H3. The third kappa shape index (κ3) is 2.06. The predicted octanol–water partition coefficient (Wildman–Crippen LogP) is 0.834. The molecule has 0 N–H and O–H groups in total. The average Bonchev–Trinajstić information content (AvgIpc) is 2.04. The Balaban J connectivity index is 2.51. The Bertz CT molecular complexity index is 181. The molecule has 0 aromatic rings. The zero-order valence-corrected chi connectivity index (χ0v) is 7.67. The number of carbonyl (C=O) groups is 2. The molecule has 12 heavy (non-hydrogen) atoms. The molecule has 0 saturated carbocycles. The van der Waals surface area contributed by atoms with E-state index < -0.39 is 0 Å². The molecule has 0 aliphatic carbocycles. The molecule has 1 heterocycles. The molecule has 1 saturated heterocycles. The van der Waals surface area contributed by atoms with E-state index in [0.717, 1.165) is 19.4 Å². The Morgan fingerprint density at radius 1 is 1.33 bits per heavy atom. The smallest absolute Gasteiger partial charge is 0.219 e. The van der Waals surface area contributed by atoms with Gasteiger partial charge in [-0.3, -0.25) is 9.59 Å². The zero-order chi connectivity index (χ0) is 9.14. The van der Waals surface area contributed by atoms with Crippen molar-refractivity contribution < 1.29 is 9.59 Å². The minimum Gasteiger partial charge on any atom is -0.342 e. The van der Waals surface area contributed by atoms with Crippen LogP contribution in [-0.2, 0) is 9.59 Å². The molecule has 0 aromatic carbocycles. The highest BCUT2D eigenvalue weighted by Gasteiger charge is 2.23. The molecule has 1 aliphatic rings. The molecule has 0 radical (unpaired) electrons. The molecular weight excluding hydrogens is 154 g/mol. The highest BCUT2D eigenvalue weighted by atomic mass is 16.2. The first-order valence-corrected chi connectivity index (χ1v) is 4.37. The summed E-state index contributed by atoms with van der Waals surface area (Å²) < 4.78 is 0. The van der Waals surface area contributed by atoms with Crippen molar-refractivity contribution in [2.45, 2.75) is 26.7 Å². The zero-order valence-electron chi connectivity index (χ0n) is 7.67. The van der Waals surface area contributed by atoms with Gasteiger partial charge in [-0.1, -0.05) is 0 Å². The summed E-state index contributed by atoms with van der Waals surface area (Å²) in [6, 6.07) is 0. The lowest BCUT2D eigenvalue weighted by Crippen LogP contribution is -2.40. The van der Waals surface area contributed by atoms with E-state index in [1.165, 1.54) is 0 Å². The molecule has 1 amide bonds. The summed E-state index contributed by atoms with van der Waals surface area (Å²) in [7, 11) is 0. The van der Waals surface area contributed by atoms with Crippen molar-refractivity contribution in [1.82, 2.24) is 4.90 Å². The molecule has 1 unspecified atom stereocenters. The summed E-state index contributed by atoms with van der Waals surface area (Å²) in [6.45, 7) is 4.61. The molecule has 3 nitrogen and oxygen atoms in total. The lowest BCUT2D eigenvalue weighted by Gasteiger charge is -2.30. The Labute approximate surface area is 72.7 Å². The SMILES string of the molecule is CC(=O)C1CCCN(C(C)=O)C1. The number of ketones is 1. The summed E-state index contributed by atoms with van der Waals surface area (Å²) in [4.78, 5) is 23.8. The summed E-state index contributed by atoms with van der Waals surface area (Å²) in [6.07, 6.45) is 1.91. The number of likely N-dealkylation sites (tertiary alicyclic amines) is 1. The number of hydrogen-bond donors (Lipinski definition) is 0. The van der Waals surface area contributed by atoms with Crippen LogP contribution in [0.5, 0.6) is 0 Å². The van der Waals surface area contributed by atoms with E-state index in [0.29, 0.717) is 6.54 Å². The van der Waals surface area contributed by atoms with Crippen LogP contribution >= 0.6 is 0 Å². The predicted molar refractivity (Wildman–Crippen MR) is 45.7 cm³/mol. The number of carbonyl (C=O) groups excluding carboxylic acids is 2. The lowest BCUT2D eigenvalue weighted by atomic mass is 9.95. The maximum atomic E-state index is 11.0. The van der Waals surface area contributed by atoms with Crippen molar-refractivity contribution >= 4 is 11.7 Å². The van der Waals surface area contributed by atoms with E-state index in [9.17, 15) is 9.59 Å². The normalized spacial score (nSPS) is 23.8. The largest absolute Gasteiger partial charge is 0.342 e. The van der Waals surface area contributed by atoms with Gasteiger partial charge in [0.05, 0.1) is 0 Å². The summed E-state index contributed by atoms with van der Waals surface area (Å²) in [5.41, 5.74) is 0. The van der Waals surface area contributed by atoms with Crippen LogP contribution in [0.4, 0.5) is 0 Å². The molecule has 0 spiro atoms. The van der Waals surface area contributed by atoms with Crippen molar-refractivity contribution in [2.75, 3.05) is 13.1 Å². The number of hydrogen-bond acceptors (Lipinski definition) is 2. The third-order valence-corrected chi connectivity index (χ3v) is 2.44. The van der Waals surface area contributed by atoms with E-state index in [-0.39, 0.29) is 17.6 Å². The summed E-state index contributed by atoms with van der Waals surface area (Å²) in [5, 5.41) is 0. The molecule has 1 rings (SSSR count). The van der Waals surface area contributed by atoms with Crippen LogP contribution in [0.1, 0.15) is 26.7 Å². The quantitative estimate of drug-likeness (QED) is 0.583. The van der Waals surface area contributed by atoms with Crippen molar-refractivity contribution in [2.24, 2.45) is 5.92 Å². The second-order valence-corrected chi connectivity index (χ2v) is 3.41. The van der Waals surface area contributed by atoms with Crippen molar-refractivity contribution in [1.29, 1.82) is 0 Å². The highest BCUT2D eigenvalue weighted by Crippen LogP contribution is 2.16. The topological polar surface area (TPSA) is 37.4 Å². The Hall–Kier alpha value is -0.860. The van der Waals surface area contributed by atoms with E-state index in [4.69, 9.17) is 0 Å². The Morgan fingerprint density at radius 3 is 2.50 bits per heavy atom. The van der Waals surface area contributed by atoms with Gasteiger partial charge in [-0.2, -0.15) is 0 Å². The minimum absolute atomic E-state index is 0.0842. The van der Waals surface area contributed by atoms with Gasteiger partial charge >= 0.3 is 0 Å². The highest BCUT2D eigenvalue weighted by molar-refractivity contribution is 5.80. The molecule has 1 aliphatic heterocycles. The summed E-state index contributed by atoms with van der Waals surface area (Å²) in [5.74, 6) is 0.379. The monoisotopic (exact) mass is 169 g/mol. The number of rotatable bonds is 1. The van der Waals surface area contributed by atoms with E-state index in [2.05, 4.69) is 0 Å². The first kappa shape index (κ1) is 9.23. The molecule has 3 heteroatoms. The third-order valence-electron chi connectivity index (χ3n) is 2.44. The Kier molecular flexibility index (Phi) is 2.84. The van der Waals surface area contributed by atoms with Crippen LogP contribution < -0.4 is 0 Å². The molecule has 0 aromatic heterocycles. The molecule has 0 bridgehead atoms. The van der Waals surface area contributed by atoms with Gasteiger partial charge in [0.2, 0.25) is 5.91 Å². The first-order chi connectivity index (χ1) is 5.61. The maximum absolute atomic E-state index is 11.0. The van der Waals surface area contributed by atoms with Crippen LogP contribution in [-0.4, -0.2) is 29.7 Å². The van der Waals surface area contributed by atoms with Crippen LogP contribution in [0.3, 0.4) is 0 Å². The van der Waals surface area contributed by atoms with Gasteiger partial charge in [-0.05, 0) is 19.8 Å². The first-order valence-electron chi connectivity index (χ1n) is 4.37. The van der Waals surface area contributed by atoms with E-state index >= 15 is 0 Å². The Morgan fingerprint density at radius 2 is 2.00 bits per heavy atom. The van der Waals surface area contributed by atoms with Crippen molar-refractivity contribution in [3.8, 4) is 0 Å².